The molecule has 108 valence electrons. The summed E-state index contributed by atoms with van der Waals surface area (Å²) >= 11 is 0. The Bertz CT molecular complexity index is 599. The zero-order chi connectivity index (χ0) is 13.8. The molecule has 2 rings (SSSR count). The maximum absolute atomic E-state index is 10.8. The Kier molecular flexibility index (Phi) is 5.33. The van der Waals surface area contributed by atoms with E-state index in [1.54, 1.807) is 6.07 Å². The van der Waals surface area contributed by atoms with E-state index in [2.05, 4.69) is 5.32 Å². The largest absolute Gasteiger partial charge is 1.00 e. The van der Waals surface area contributed by atoms with Gasteiger partial charge < -0.3 is 23.5 Å². The first-order valence-electron chi connectivity index (χ1n) is 5.85. The quantitative estimate of drug-likeness (QED) is 0.287. The van der Waals surface area contributed by atoms with Crippen LogP contribution in [0.5, 0.6) is 0 Å². The number of nitro benzene ring substituents is 1. The third-order valence-electron chi connectivity index (χ3n) is 2.75. The molecule has 7 nitrogen and oxygen atoms in total. The lowest BCUT2D eigenvalue weighted by molar-refractivity contribution is -0.671. The number of nitrogens with two attached hydrogens (primary N) is 1. The second-order valence-corrected chi connectivity index (χ2v) is 4.27. The standard InChI is InChI=1S/C12H16N5O2.ClH/c1-15-6-7-16(9-15)5-4-14-10-2-3-11(13)12(8-10)17(18)19;/h2-3,6-9,14H,4-5,13H2,1H3;1H/q+1;/p-1. The molecule has 0 radical (unpaired) electrons. The number of aryl methyl sites for hydroxylation is 1. The summed E-state index contributed by atoms with van der Waals surface area (Å²) in [6.07, 6.45) is 5.88. The monoisotopic (exact) mass is 297 g/mol. The van der Waals surface area contributed by atoms with E-state index in [1.807, 2.05) is 34.9 Å². The van der Waals surface area contributed by atoms with Crippen LogP contribution in [0.4, 0.5) is 17.1 Å². The van der Waals surface area contributed by atoms with Crippen molar-refractivity contribution in [2.24, 2.45) is 7.05 Å². The molecular formula is C12H16ClN5O2. The summed E-state index contributed by atoms with van der Waals surface area (Å²) in [6.45, 7) is 1.45. The highest BCUT2D eigenvalue weighted by molar-refractivity contribution is 5.65. The topological polar surface area (TPSA) is 90.0 Å². The number of hydrogen-bond acceptors (Lipinski definition) is 4. The van der Waals surface area contributed by atoms with Crippen molar-refractivity contribution in [3.63, 3.8) is 0 Å². The van der Waals surface area contributed by atoms with Gasteiger partial charge in [0.1, 0.15) is 24.6 Å². The Morgan fingerprint density at radius 2 is 2.25 bits per heavy atom. The summed E-state index contributed by atoms with van der Waals surface area (Å²) in [6, 6.07) is 4.72. The number of aromatic nitrogens is 2. The molecule has 0 bridgehead atoms. The van der Waals surface area contributed by atoms with E-state index >= 15 is 0 Å². The zero-order valence-electron chi connectivity index (χ0n) is 11.0. The average molecular weight is 298 g/mol. The summed E-state index contributed by atoms with van der Waals surface area (Å²) in [5, 5.41) is 13.9. The van der Waals surface area contributed by atoms with Crippen LogP contribution in [-0.4, -0.2) is 16.0 Å². The van der Waals surface area contributed by atoms with E-state index < -0.39 is 4.92 Å². The number of benzene rings is 1. The van der Waals surface area contributed by atoms with Crippen molar-refractivity contribution in [3.8, 4) is 0 Å². The SMILES string of the molecule is C[n+]1ccn(CCNc2ccc(N)c([N+](=O)[O-])c2)c1.[Cl-]. The summed E-state index contributed by atoms with van der Waals surface area (Å²) < 4.78 is 3.98. The van der Waals surface area contributed by atoms with Crippen molar-refractivity contribution in [3.05, 3.63) is 47.0 Å². The van der Waals surface area contributed by atoms with Crippen molar-refractivity contribution in [1.29, 1.82) is 0 Å². The minimum absolute atomic E-state index is 0. The van der Waals surface area contributed by atoms with Gasteiger partial charge in [0.05, 0.1) is 18.5 Å². The molecule has 1 aromatic heterocycles. The molecule has 1 aromatic carbocycles. The fourth-order valence-corrected chi connectivity index (χ4v) is 1.78. The highest BCUT2D eigenvalue weighted by Crippen LogP contribution is 2.24. The first-order valence-corrected chi connectivity index (χ1v) is 5.85. The maximum Gasteiger partial charge on any atom is 0.294 e. The average Bonchev–Trinajstić information content (AvgIpc) is 2.77. The van der Waals surface area contributed by atoms with E-state index in [1.165, 1.54) is 12.1 Å². The lowest BCUT2D eigenvalue weighted by Gasteiger charge is -2.05. The van der Waals surface area contributed by atoms with Crippen LogP contribution in [0.1, 0.15) is 0 Å². The highest BCUT2D eigenvalue weighted by Gasteiger charge is 2.11. The highest BCUT2D eigenvalue weighted by atomic mass is 35.5. The molecule has 0 spiro atoms. The van der Waals surface area contributed by atoms with E-state index in [4.69, 9.17) is 5.73 Å². The van der Waals surface area contributed by atoms with Crippen LogP contribution in [0, 0.1) is 10.1 Å². The first-order chi connectivity index (χ1) is 9.06. The molecule has 20 heavy (non-hydrogen) atoms. The number of nitro groups is 1. The number of nitrogen functional groups attached to an aromatic ring is 1. The number of hydrogen-bond donors (Lipinski definition) is 2. The summed E-state index contributed by atoms with van der Waals surface area (Å²) in [5.74, 6) is 0. The summed E-state index contributed by atoms with van der Waals surface area (Å²) in [5.41, 5.74) is 6.33. The first kappa shape index (κ1) is 15.8. The third-order valence-corrected chi connectivity index (χ3v) is 2.75. The Morgan fingerprint density at radius 1 is 1.50 bits per heavy atom. The van der Waals surface area contributed by atoms with E-state index in [0.717, 1.165) is 6.54 Å². The molecule has 0 unspecified atom stereocenters. The molecule has 1 heterocycles. The predicted molar refractivity (Wildman–Crippen MR) is 71.6 cm³/mol. The predicted octanol–water partition coefficient (Wildman–Crippen LogP) is -2.08. The van der Waals surface area contributed by atoms with Crippen molar-refractivity contribution in [2.45, 2.75) is 6.54 Å². The van der Waals surface area contributed by atoms with Gasteiger partial charge >= 0.3 is 0 Å². The summed E-state index contributed by atoms with van der Waals surface area (Å²) in [7, 11) is 1.95. The molecule has 3 N–H and O–H groups in total. The normalized spacial score (nSPS) is 9.85. The molecule has 0 aliphatic rings. The number of nitrogens with one attached hydrogen (secondary N) is 1. The third kappa shape index (κ3) is 3.86. The van der Waals surface area contributed by atoms with Gasteiger partial charge in [0.25, 0.3) is 5.69 Å². The second kappa shape index (κ2) is 6.76. The lowest BCUT2D eigenvalue weighted by Crippen LogP contribution is -3.00. The number of halogens is 1. The van der Waals surface area contributed by atoms with Gasteiger partial charge in [-0.15, -0.1) is 0 Å². The van der Waals surface area contributed by atoms with Gasteiger partial charge in [-0.1, -0.05) is 0 Å². The van der Waals surface area contributed by atoms with Gasteiger partial charge in [0, 0.05) is 11.8 Å². The Hall–Kier alpha value is -2.28. The van der Waals surface area contributed by atoms with Crippen LogP contribution < -0.4 is 28.0 Å². The van der Waals surface area contributed by atoms with Crippen LogP contribution >= 0.6 is 0 Å². The van der Waals surface area contributed by atoms with E-state index in [9.17, 15) is 10.1 Å². The fourth-order valence-electron chi connectivity index (χ4n) is 1.78. The van der Waals surface area contributed by atoms with Crippen LogP contribution in [0.15, 0.2) is 36.9 Å². The number of nitrogens with zero attached hydrogens (tertiary/aromatic N) is 3. The van der Waals surface area contributed by atoms with Gasteiger partial charge in [-0.3, -0.25) is 10.1 Å². The Labute approximate surface area is 122 Å². The van der Waals surface area contributed by atoms with Crippen LogP contribution in [0.3, 0.4) is 0 Å². The smallest absolute Gasteiger partial charge is 0.294 e. The van der Waals surface area contributed by atoms with Crippen LogP contribution in [-0.2, 0) is 13.6 Å². The number of rotatable bonds is 5. The second-order valence-electron chi connectivity index (χ2n) is 4.27. The van der Waals surface area contributed by atoms with Crippen LogP contribution in [0.2, 0.25) is 0 Å². The van der Waals surface area contributed by atoms with Gasteiger partial charge in [-0.25, -0.2) is 9.13 Å². The molecule has 0 aliphatic carbocycles. The van der Waals surface area contributed by atoms with Gasteiger partial charge in [-0.05, 0) is 12.1 Å². The molecule has 0 amide bonds. The van der Waals surface area contributed by atoms with Gasteiger partial charge in [-0.2, -0.15) is 0 Å². The van der Waals surface area contributed by atoms with Crippen LogP contribution in [0.25, 0.3) is 0 Å². The van der Waals surface area contributed by atoms with Crippen molar-refractivity contribution in [1.82, 2.24) is 4.57 Å². The zero-order valence-corrected chi connectivity index (χ0v) is 11.7. The number of anilines is 2. The minimum atomic E-state index is -0.480. The molecule has 0 aliphatic heterocycles. The maximum atomic E-state index is 10.8. The van der Waals surface area contributed by atoms with Crippen molar-refractivity contribution >= 4 is 17.1 Å². The molecular weight excluding hydrogens is 282 g/mol. The molecule has 8 heteroatoms. The molecule has 0 saturated carbocycles. The molecule has 0 saturated heterocycles. The Morgan fingerprint density at radius 3 is 2.85 bits per heavy atom. The minimum Gasteiger partial charge on any atom is -1.00 e. The van der Waals surface area contributed by atoms with Crippen molar-refractivity contribution in [2.75, 3.05) is 17.6 Å². The summed E-state index contributed by atoms with van der Waals surface area (Å²) in [4.78, 5) is 10.3. The molecule has 0 fully saturated rings. The lowest BCUT2D eigenvalue weighted by atomic mass is 10.2. The van der Waals surface area contributed by atoms with Gasteiger partial charge in [0.15, 0.2) is 0 Å². The Balaban J connectivity index is 0.00000200. The van der Waals surface area contributed by atoms with Gasteiger partial charge in [0.2, 0.25) is 6.33 Å². The molecule has 2 aromatic rings. The van der Waals surface area contributed by atoms with E-state index in [0.29, 0.717) is 12.2 Å². The van der Waals surface area contributed by atoms with Crippen molar-refractivity contribution < 1.29 is 21.9 Å². The molecule has 0 atom stereocenters. The number of imidazole rings is 1. The fraction of sp³-hybridized carbons (Fsp3) is 0.250. The van der Waals surface area contributed by atoms with E-state index in [-0.39, 0.29) is 23.8 Å².